The molecular formula is C27H27N3O5. The number of amides is 2. The summed E-state index contributed by atoms with van der Waals surface area (Å²) in [7, 11) is 4.77. The van der Waals surface area contributed by atoms with Crippen molar-refractivity contribution < 1.29 is 23.7 Å². The molecule has 8 heteroatoms. The van der Waals surface area contributed by atoms with E-state index in [4.69, 9.17) is 18.9 Å². The molecule has 0 aliphatic heterocycles. The first kappa shape index (κ1) is 23.7. The highest BCUT2D eigenvalue weighted by atomic mass is 16.5. The van der Waals surface area contributed by atoms with Gasteiger partial charge in [-0.2, -0.15) is 0 Å². The Kier molecular flexibility index (Phi) is 7.21. The molecule has 4 rings (SSSR count). The van der Waals surface area contributed by atoms with Gasteiger partial charge in [0.2, 0.25) is 0 Å². The summed E-state index contributed by atoms with van der Waals surface area (Å²) in [6.07, 6.45) is 1.67. The number of urea groups is 1. The Balaban J connectivity index is 1.44. The standard InChI is InChI=1S/C27H27N3O5/c1-17(20-7-5-6-8-23(20)32-2)29-27(31)30-18-9-11-19(12-10-18)35-24-13-14-28-22-16-26(34-4)25(33-3)15-21(22)24/h5-17H,1-4H3,(H2,29,30,31). The zero-order valence-corrected chi connectivity index (χ0v) is 20.0. The van der Waals surface area contributed by atoms with Crippen molar-refractivity contribution in [2.45, 2.75) is 13.0 Å². The maximum Gasteiger partial charge on any atom is 0.319 e. The number of benzene rings is 3. The second-order valence-corrected chi connectivity index (χ2v) is 7.72. The highest BCUT2D eigenvalue weighted by Gasteiger charge is 2.14. The first-order valence-electron chi connectivity index (χ1n) is 11.0. The molecule has 1 heterocycles. The number of hydrogen-bond acceptors (Lipinski definition) is 6. The van der Waals surface area contributed by atoms with Crippen LogP contribution in [0.4, 0.5) is 10.5 Å². The molecule has 0 bridgehead atoms. The molecule has 2 N–H and O–H groups in total. The van der Waals surface area contributed by atoms with Crippen molar-refractivity contribution in [1.29, 1.82) is 0 Å². The third-order valence-electron chi connectivity index (χ3n) is 5.50. The summed E-state index contributed by atoms with van der Waals surface area (Å²) in [6, 6.07) is 19.6. The van der Waals surface area contributed by atoms with E-state index < -0.39 is 0 Å². The molecule has 35 heavy (non-hydrogen) atoms. The van der Waals surface area contributed by atoms with Crippen LogP contribution >= 0.6 is 0 Å². The van der Waals surface area contributed by atoms with Crippen LogP contribution < -0.4 is 29.6 Å². The van der Waals surface area contributed by atoms with Crippen LogP contribution in [0.15, 0.2) is 72.9 Å². The number of nitrogens with zero attached hydrogens (tertiary/aromatic N) is 1. The van der Waals surface area contributed by atoms with Gasteiger partial charge in [0.05, 0.1) is 32.9 Å². The average Bonchev–Trinajstić information content (AvgIpc) is 2.89. The molecule has 1 aromatic heterocycles. The van der Waals surface area contributed by atoms with Crippen molar-refractivity contribution in [1.82, 2.24) is 10.3 Å². The number of hydrogen-bond donors (Lipinski definition) is 2. The number of anilines is 1. The lowest BCUT2D eigenvalue weighted by Crippen LogP contribution is -2.31. The van der Waals surface area contributed by atoms with Crippen LogP contribution in [0.3, 0.4) is 0 Å². The fourth-order valence-electron chi connectivity index (χ4n) is 3.74. The summed E-state index contributed by atoms with van der Waals surface area (Å²) in [5.74, 6) is 3.14. The van der Waals surface area contributed by atoms with Gasteiger partial charge in [-0.15, -0.1) is 0 Å². The average molecular weight is 474 g/mol. The first-order chi connectivity index (χ1) is 17.0. The molecular weight excluding hydrogens is 446 g/mol. The van der Waals surface area contributed by atoms with E-state index in [-0.39, 0.29) is 12.1 Å². The van der Waals surface area contributed by atoms with Gasteiger partial charge in [0.15, 0.2) is 11.5 Å². The molecule has 0 saturated carbocycles. The molecule has 0 aliphatic rings. The molecule has 4 aromatic rings. The van der Waals surface area contributed by atoms with Crippen molar-refractivity contribution in [3.05, 3.63) is 78.5 Å². The van der Waals surface area contributed by atoms with Crippen molar-refractivity contribution in [3.63, 3.8) is 0 Å². The minimum Gasteiger partial charge on any atom is -0.496 e. The van der Waals surface area contributed by atoms with Crippen molar-refractivity contribution in [2.24, 2.45) is 0 Å². The molecule has 8 nitrogen and oxygen atoms in total. The Morgan fingerprint density at radius 2 is 1.51 bits per heavy atom. The zero-order valence-electron chi connectivity index (χ0n) is 20.0. The van der Waals surface area contributed by atoms with Crippen LogP contribution in [0.25, 0.3) is 10.9 Å². The van der Waals surface area contributed by atoms with Gasteiger partial charge in [-0.3, -0.25) is 4.98 Å². The SMILES string of the molecule is COc1cc2nccc(Oc3ccc(NC(=O)NC(C)c4ccccc4OC)cc3)c2cc1OC. The smallest absolute Gasteiger partial charge is 0.319 e. The lowest BCUT2D eigenvalue weighted by molar-refractivity contribution is 0.249. The lowest BCUT2D eigenvalue weighted by Gasteiger charge is -2.17. The number of pyridine rings is 1. The van der Waals surface area contributed by atoms with Gasteiger partial charge in [0, 0.05) is 28.9 Å². The van der Waals surface area contributed by atoms with Crippen molar-refractivity contribution >= 4 is 22.6 Å². The van der Waals surface area contributed by atoms with E-state index in [1.807, 2.05) is 37.3 Å². The van der Waals surface area contributed by atoms with E-state index in [1.54, 1.807) is 63.9 Å². The topological polar surface area (TPSA) is 90.9 Å². The molecule has 1 atom stereocenters. The maximum absolute atomic E-state index is 12.5. The van der Waals surface area contributed by atoms with Crippen molar-refractivity contribution in [2.75, 3.05) is 26.6 Å². The van der Waals surface area contributed by atoms with Gasteiger partial charge in [0.25, 0.3) is 0 Å². The van der Waals surface area contributed by atoms with Gasteiger partial charge < -0.3 is 29.6 Å². The van der Waals surface area contributed by atoms with Crippen molar-refractivity contribution in [3.8, 4) is 28.7 Å². The molecule has 2 amide bonds. The third kappa shape index (κ3) is 5.38. The maximum atomic E-state index is 12.5. The third-order valence-corrected chi connectivity index (χ3v) is 5.50. The Morgan fingerprint density at radius 3 is 2.23 bits per heavy atom. The molecule has 3 aromatic carbocycles. The van der Waals surface area contributed by atoms with E-state index in [0.717, 1.165) is 22.2 Å². The second-order valence-electron chi connectivity index (χ2n) is 7.72. The predicted molar refractivity (Wildman–Crippen MR) is 135 cm³/mol. The van der Waals surface area contributed by atoms with Crippen LogP contribution in [-0.2, 0) is 0 Å². The molecule has 180 valence electrons. The summed E-state index contributed by atoms with van der Waals surface area (Å²) in [5.41, 5.74) is 2.25. The van der Waals surface area contributed by atoms with Crippen LogP contribution in [0.5, 0.6) is 28.7 Å². The summed E-state index contributed by atoms with van der Waals surface area (Å²) < 4.78 is 22.2. The van der Waals surface area contributed by atoms with E-state index in [2.05, 4.69) is 15.6 Å². The Bertz CT molecular complexity index is 1320. The van der Waals surface area contributed by atoms with E-state index in [0.29, 0.717) is 28.7 Å². The number of nitrogens with one attached hydrogen (secondary N) is 2. The van der Waals surface area contributed by atoms with E-state index in [1.165, 1.54) is 0 Å². The van der Waals surface area contributed by atoms with Crippen LogP contribution in [0.1, 0.15) is 18.5 Å². The number of methoxy groups -OCH3 is 3. The van der Waals surface area contributed by atoms with Crippen LogP contribution in [0, 0.1) is 0 Å². The Morgan fingerprint density at radius 1 is 0.829 bits per heavy atom. The van der Waals surface area contributed by atoms with Gasteiger partial charge >= 0.3 is 6.03 Å². The Labute approximate surface area is 203 Å². The summed E-state index contributed by atoms with van der Waals surface area (Å²) in [4.78, 5) is 16.9. The minimum absolute atomic E-state index is 0.232. The number of fused-ring (bicyclic) bond motifs is 1. The van der Waals surface area contributed by atoms with E-state index in [9.17, 15) is 4.79 Å². The molecule has 0 fully saturated rings. The largest absolute Gasteiger partial charge is 0.496 e. The van der Waals surface area contributed by atoms with Gasteiger partial charge in [-0.25, -0.2) is 4.79 Å². The summed E-state index contributed by atoms with van der Waals surface area (Å²) >= 11 is 0. The quantitative estimate of drug-likeness (QED) is 0.329. The monoisotopic (exact) mass is 473 g/mol. The normalized spacial score (nSPS) is 11.4. The fraction of sp³-hybridized carbons (Fsp3) is 0.185. The van der Waals surface area contributed by atoms with Crippen LogP contribution in [0.2, 0.25) is 0 Å². The Hall–Kier alpha value is -4.46. The molecule has 0 radical (unpaired) electrons. The number of para-hydroxylation sites is 1. The minimum atomic E-state index is -0.321. The summed E-state index contributed by atoms with van der Waals surface area (Å²) in [5, 5.41) is 6.55. The second kappa shape index (κ2) is 10.6. The van der Waals surface area contributed by atoms with E-state index >= 15 is 0 Å². The number of rotatable bonds is 8. The number of carbonyl (C=O) groups excluding carboxylic acids is 1. The molecule has 1 unspecified atom stereocenters. The predicted octanol–water partition coefficient (Wildman–Crippen LogP) is 5.94. The van der Waals surface area contributed by atoms with Gasteiger partial charge in [-0.05, 0) is 49.4 Å². The molecule has 0 saturated heterocycles. The van der Waals surface area contributed by atoms with Gasteiger partial charge in [0.1, 0.15) is 17.2 Å². The number of carbonyl (C=O) groups is 1. The first-order valence-corrected chi connectivity index (χ1v) is 11.0. The highest BCUT2D eigenvalue weighted by molar-refractivity contribution is 5.90. The lowest BCUT2D eigenvalue weighted by atomic mass is 10.1. The van der Waals surface area contributed by atoms with Crippen LogP contribution in [-0.4, -0.2) is 32.3 Å². The highest BCUT2D eigenvalue weighted by Crippen LogP contribution is 2.37. The number of ether oxygens (including phenoxy) is 4. The summed E-state index contributed by atoms with van der Waals surface area (Å²) in [6.45, 7) is 1.90. The van der Waals surface area contributed by atoms with Gasteiger partial charge in [-0.1, -0.05) is 18.2 Å². The zero-order chi connectivity index (χ0) is 24.8. The number of aromatic nitrogens is 1. The molecule has 0 aliphatic carbocycles. The molecule has 0 spiro atoms. The fourth-order valence-corrected chi connectivity index (χ4v) is 3.74.